The quantitative estimate of drug-likeness (QED) is 0.541. The van der Waals surface area contributed by atoms with Crippen LogP contribution < -0.4 is 0 Å². The summed E-state index contributed by atoms with van der Waals surface area (Å²) in [6.45, 7) is 0. The van der Waals surface area contributed by atoms with Crippen LogP contribution in [0.5, 0.6) is 0 Å². The molecule has 66 valence electrons. The number of hydrogen-bond donors (Lipinski definition) is 2. The van der Waals surface area contributed by atoms with Gasteiger partial charge in [0.15, 0.2) is 0 Å². The summed E-state index contributed by atoms with van der Waals surface area (Å²) in [5.74, 6) is 4.58. The van der Waals surface area contributed by atoms with Gasteiger partial charge in [-0.25, -0.2) is 0 Å². The molecule has 0 saturated heterocycles. The summed E-state index contributed by atoms with van der Waals surface area (Å²) >= 11 is 0. The highest BCUT2D eigenvalue weighted by molar-refractivity contribution is 5.23. The summed E-state index contributed by atoms with van der Waals surface area (Å²) in [6.07, 6.45) is 2.11. The zero-order valence-electron chi connectivity index (χ0n) is 6.93. The van der Waals surface area contributed by atoms with Crippen molar-refractivity contribution in [3.05, 3.63) is 0 Å². The van der Waals surface area contributed by atoms with Crippen LogP contribution in [0, 0.1) is 35.5 Å². The van der Waals surface area contributed by atoms with E-state index >= 15 is 0 Å². The molecule has 12 heavy (non-hydrogen) atoms. The smallest absolute Gasteiger partial charge is 0.0576 e. The fourth-order valence-electron chi connectivity index (χ4n) is 4.64. The Balaban J connectivity index is 1.60. The lowest BCUT2D eigenvalue weighted by atomic mass is 9.27. The lowest BCUT2D eigenvalue weighted by Crippen LogP contribution is -2.78. The molecule has 0 radical (unpaired) electrons. The van der Waals surface area contributed by atoms with Crippen molar-refractivity contribution in [2.24, 2.45) is 35.5 Å². The first kappa shape index (κ1) is 6.39. The molecule has 4 aliphatic rings. The average Bonchev–Trinajstić information content (AvgIpc) is 2.01. The molecule has 8 unspecified atom stereocenters. The fraction of sp³-hybridized carbons (Fsp3) is 1.00. The first-order valence-electron chi connectivity index (χ1n) is 5.15. The third-order valence-electron chi connectivity index (χ3n) is 5.23. The summed E-state index contributed by atoms with van der Waals surface area (Å²) in [7, 11) is 0. The van der Waals surface area contributed by atoms with Gasteiger partial charge in [0.05, 0.1) is 12.2 Å². The first-order valence-corrected chi connectivity index (χ1v) is 5.15. The normalized spacial score (nSPS) is 76.5. The molecule has 0 bridgehead atoms. The van der Waals surface area contributed by atoms with Gasteiger partial charge in [0.25, 0.3) is 0 Å². The largest absolute Gasteiger partial charge is 0.393 e. The third-order valence-corrected chi connectivity index (χ3v) is 5.23. The molecule has 0 amide bonds. The Morgan fingerprint density at radius 1 is 0.667 bits per heavy atom. The van der Waals surface area contributed by atoms with E-state index in [-0.39, 0.29) is 12.2 Å². The zero-order chi connectivity index (χ0) is 8.03. The van der Waals surface area contributed by atoms with Crippen molar-refractivity contribution in [1.29, 1.82) is 0 Å². The number of hydrogen-bond acceptors (Lipinski definition) is 2. The second-order valence-electron chi connectivity index (χ2n) is 5.24. The summed E-state index contributed by atoms with van der Waals surface area (Å²) in [5, 5.41) is 19.0. The molecule has 4 rings (SSSR count). The van der Waals surface area contributed by atoms with E-state index in [2.05, 4.69) is 0 Å². The molecular formula is C10H14O2. The Hall–Kier alpha value is -0.0800. The standard InChI is InChI=1S/C10H14O2/c11-5-1-3-7(5)10-4-2-6(12)8(4)9(3)10/h3-12H,1-2H2. The molecule has 2 nitrogen and oxygen atoms in total. The van der Waals surface area contributed by atoms with E-state index in [0.29, 0.717) is 11.8 Å². The van der Waals surface area contributed by atoms with Crippen LogP contribution in [-0.4, -0.2) is 22.4 Å². The van der Waals surface area contributed by atoms with Crippen LogP contribution in [0.2, 0.25) is 0 Å². The SMILES string of the molecule is OC1CC2C1C1C3CC(O)C3C21. The fourth-order valence-corrected chi connectivity index (χ4v) is 4.64. The van der Waals surface area contributed by atoms with Crippen molar-refractivity contribution in [2.75, 3.05) is 0 Å². The van der Waals surface area contributed by atoms with Crippen LogP contribution in [0.15, 0.2) is 0 Å². The van der Waals surface area contributed by atoms with Gasteiger partial charge >= 0.3 is 0 Å². The molecule has 2 N–H and O–H groups in total. The van der Waals surface area contributed by atoms with E-state index < -0.39 is 0 Å². The van der Waals surface area contributed by atoms with Gasteiger partial charge in [-0.3, -0.25) is 0 Å². The topological polar surface area (TPSA) is 40.5 Å². The lowest BCUT2D eigenvalue weighted by molar-refractivity contribution is -0.348. The van der Waals surface area contributed by atoms with Gasteiger partial charge in [0.2, 0.25) is 0 Å². The van der Waals surface area contributed by atoms with Crippen molar-refractivity contribution in [2.45, 2.75) is 25.0 Å². The van der Waals surface area contributed by atoms with E-state index in [1.165, 1.54) is 0 Å². The number of rotatable bonds is 0. The third kappa shape index (κ3) is 0.409. The van der Waals surface area contributed by atoms with E-state index in [1.54, 1.807) is 0 Å². The van der Waals surface area contributed by atoms with Crippen LogP contribution in [0.3, 0.4) is 0 Å². The van der Waals surface area contributed by atoms with E-state index in [1.807, 2.05) is 0 Å². The van der Waals surface area contributed by atoms with E-state index in [4.69, 9.17) is 0 Å². The molecule has 0 aromatic heterocycles. The highest BCUT2D eigenvalue weighted by Gasteiger charge is 2.75. The highest BCUT2D eigenvalue weighted by Crippen LogP contribution is 2.76. The molecule has 4 aliphatic carbocycles. The summed E-state index contributed by atoms with van der Waals surface area (Å²) < 4.78 is 0. The maximum absolute atomic E-state index is 9.49. The van der Waals surface area contributed by atoms with Gasteiger partial charge in [0, 0.05) is 0 Å². The second-order valence-corrected chi connectivity index (χ2v) is 5.24. The van der Waals surface area contributed by atoms with Crippen LogP contribution >= 0.6 is 0 Å². The van der Waals surface area contributed by atoms with Crippen molar-refractivity contribution in [3.63, 3.8) is 0 Å². The molecular weight excluding hydrogens is 152 g/mol. The molecule has 4 fully saturated rings. The minimum absolute atomic E-state index is 0.0231. The van der Waals surface area contributed by atoms with E-state index in [9.17, 15) is 10.2 Å². The average molecular weight is 166 g/mol. The van der Waals surface area contributed by atoms with Gasteiger partial charge < -0.3 is 10.2 Å². The van der Waals surface area contributed by atoms with Crippen LogP contribution in [-0.2, 0) is 0 Å². The summed E-state index contributed by atoms with van der Waals surface area (Å²) in [5.41, 5.74) is 0. The minimum Gasteiger partial charge on any atom is -0.393 e. The van der Waals surface area contributed by atoms with Crippen molar-refractivity contribution >= 4 is 0 Å². The minimum atomic E-state index is 0.0231. The Morgan fingerprint density at radius 3 is 1.42 bits per heavy atom. The molecule has 4 saturated carbocycles. The van der Waals surface area contributed by atoms with Gasteiger partial charge in [-0.15, -0.1) is 0 Å². The molecule has 0 spiro atoms. The van der Waals surface area contributed by atoms with Gasteiger partial charge in [-0.05, 0) is 48.3 Å². The molecule has 0 aromatic carbocycles. The summed E-state index contributed by atoms with van der Waals surface area (Å²) in [6, 6.07) is 0. The van der Waals surface area contributed by atoms with Gasteiger partial charge in [-0.1, -0.05) is 0 Å². The Labute approximate surface area is 71.6 Å². The second kappa shape index (κ2) is 1.60. The van der Waals surface area contributed by atoms with Crippen LogP contribution in [0.1, 0.15) is 12.8 Å². The lowest BCUT2D eigenvalue weighted by Gasteiger charge is -2.79. The Morgan fingerprint density at radius 2 is 1.08 bits per heavy atom. The maximum Gasteiger partial charge on any atom is 0.0576 e. The first-order chi connectivity index (χ1) is 5.79. The number of fused-ring (bicyclic) bond motifs is 7. The number of aliphatic hydroxyl groups excluding tert-OH is 2. The zero-order valence-corrected chi connectivity index (χ0v) is 6.93. The maximum atomic E-state index is 9.49. The molecule has 0 aliphatic heterocycles. The van der Waals surface area contributed by atoms with Gasteiger partial charge in [-0.2, -0.15) is 0 Å². The van der Waals surface area contributed by atoms with Crippen molar-refractivity contribution in [1.82, 2.24) is 0 Å². The van der Waals surface area contributed by atoms with E-state index in [0.717, 1.165) is 36.5 Å². The van der Waals surface area contributed by atoms with Crippen LogP contribution in [0.25, 0.3) is 0 Å². The Bertz CT molecular complexity index is 226. The molecule has 0 heterocycles. The molecule has 0 aromatic rings. The van der Waals surface area contributed by atoms with Crippen molar-refractivity contribution in [3.8, 4) is 0 Å². The monoisotopic (exact) mass is 166 g/mol. The molecule has 2 heteroatoms. The molecule has 8 atom stereocenters. The van der Waals surface area contributed by atoms with Crippen LogP contribution in [0.4, 0.5) is 0 Å². The predicted octanol–water partition coefficient (Wildman–Crippen LogP) is 0.240. The van der Waals surface area contributed by atoms with Crippen molar-refractivity contribution < 1.29 is 10.2 Å². The number of aliphatic hydroxyl groups is 2. The Kier molecular flexibility index (Phi) is 0.851. The predicted molar refractivity (Wildman–Crippen MR) is 42.2 cm³/mol. The highest BCUT2D eigenvalue weighted by atomic mass is 16.3. The van der Waals surface area contributed by atoms with Gasteiger partial charge in [0.1, 0.15) is 0 Å². The summed E-state index contributed by atoms with van der Waals surface area (Å²) in [4.78, 5) is 0.